The molecule has 0 unspecified atom stereocenters. The highest BCUT2D eigenvalue weighted by Gasteiger charge is 2.24. The van der Waals surface area contributed by atoms with Crippen LogP contribution in [0.15, 0.2) is 5.38 Å². The van der Waals surface area contributed by atoms with Gasteiger partial charge < -0.3 is 10.1 Å². The summed E-state index contributed by atoms with van der Waals surface area (Å²) in [6, 6.07) is 0. The number of nitrogens with one attached hydrogen (secondary N) is 1. The fourth-order valence-corrected chi connectivity index (χ4v) is 3.05. The predicted molar refractivity (Wildman–Crippen MR) is 84.3 cm³/mol. The zero-order valence-corrected chi connectivity index (χ0v) is 13.8. The van der Waals surface area contributed by atoms with E-state index in [1.807, 2.05) is 12.3 Å². The van der Waals surface area contributed by atoms with Crippen molar-refractivity contribution in [2.24, 2.45) is 0 Å². The minimum absolute atomic E-state index is 0.135. The summed E-state index contributed by atoms with van der Waals surface area (Å²) >= 11 is 1.61. The van der Waals surface area contributed by atoms with E-state index in [2.05, 4.69) is 31.1 Å². The lowest BCUT2D eigenvalue weighted by atomic mass is 9.90. The molecule has 1 aromatic heterocycles. The average molecular weight is 298 g/mol. The van der Waals surface area contributed by atoms with Crippen LogP contribution in [0.25, 0.3) is 0 Å². The Hall–Kier alpha value is -1.10. The minimum atomic E-state index is -0.153. The molecular formula is C15H26N2O2S. The van der Waals surface area contributed by atoms with E-state index in [0.29, 0.717) is 19.4 Å². The average Bonchev–Trinajstić information content (AvgIpc) is 2.90. The van der Waals surface area contributed by atoms with Gasteiger partial charge in [0.05, 0.1) is 18.7 Å². The van der Waals surface area contributed by atoms with Gasteiger partial charge in [-0.05, 0) is 26.2 Å². The van der Waals surface area contributed by atoms with E-state index in [1.165, 1.54) is 0 Å². The van der Waals surface area contributed by atoms with Gasteiger partial charge in [0.1, 0.15) is 0 Å². The topological polar surface area (TPSA) is 51.2 Å². The van der Waals surface area contributed by atoms with Crippen molar-refractivity contribution in [1.29, 1.82) is 0 Å². The Bertz CT molecular complexity index is 405. The first-order valence-electron chi connectivity index (χ1n) is 7.47. The summed E-state index contributed by atoms with van der Waals surface area (Å²) in [6.45, 7) is 8.87. The standard InChI is InChI=1S/C15H26N2O2S/c1-5-15(6-2,7-3)17-14-16-12(11-20-14)9-10-13(18)19-8-4/h11H,5-10H2,1-4H3,(H,16,17). The monoisotopic (exact) mass is 298 g/mol. The number of carbonyl (C=O) groups excluding carboxylic acids is 1. The maximum Gasteiger partial charge on any atom is 0.306 e. The highest BCUT2D eigenvalue weighted by molar-refractivity contribution is 7.13. The molecule has 0 bridgehead atoms. The molecule has 0 aliphatic carbocycles. The van der Waals surface area contributed by atoms with E-state index in [-0.39, 0.29) is 11.5 Å². The van der Waals surface area contributed by atoms with E-state index in [4.69, 9.17) is 4.74 Å². The van der Waals surface area contributed by atoms with Gasteiger partial charge in [-0.15, -0.1) is 11.3 Å². The van der Waals surface area contributed by atoms with Crippen molar-refractivity contribution in [1.82, 2.24) is 4.98 Å². The Morgan fingerprint density at radius 1 is 1.30 bits per heavy atom. The molecule has 4 nitrogen and oxygen atoms in total. The number of carbonyl (C=O) groups is 1. The van der Waals surface area contributed by atoms with Crippen molar-refractivity contribution in [3.8, 4) is 0 Å². The fourth-order valence-electron chi connectivity index (χ4n) is 2.18. The van der Waals surface area contributed by atoms with Gasteiger partial charge in [-0.2, -0.15) is 0 Å². The molecule has 1 heterocycles. The van der Waals surface area contributed by atoms with Crippen molar-refractivity contribution >= 4 is 22.4 Å². The zero-order valence-electron chi connectivity index (χ0n) is 13.0. The largest absolute Gasteiger partial charge is 0.466 e. The summed E-state index contributed by atoms with van der Waals surface area (Å²) in [4.78, 5) is 15.9. The van der Waals surface area contributed by atoms with Crippen LogP contribution in [0.5, 0.6) is 0 Å². The molecule has 0 spiro atoms. The molecule has 0 aromatic carbocycles. The maximum atomic E-state index is 11.3. The van der Waals surface area contributed by atoms with Crippen LogP contribution in [-0.4, -0.2) is 23.1 Å². The molecule has 0 atom stereocenters. The lowest BCUT2D eigenvalue weighted by molar-refractivity contribution is -0.143. The third kappa shape index (κ3) is 4.78. The number of hydrogen-bond acceptors (Lipinski definition) is 5. The van der Waals surface area contributed by atoms with E-state index in [9.17, 15) is 4.79 Å². The number of anilines is 1. The van der Waals surface area contributed by atoms with Crippen LogP contribution >= 0.6 is 11.3 Å². The lowest BCUT2D eigenvalue weighted by Gasteiger charge is -2.31. The molecule has 0 aliphatic heterocycles. The summed E-state index contributed by atoms with van der Waals surface area (Å²) in [5, 5.41) is 6.54. The Labute approximate surface area is 125 Å². The number of aromatic nitrogens is 1. The second-order valence-corrected chi connectivity index (χ2v) is 5.77. The molecule has 0 fully saturated rings. The van der Waals surface area contributed by atoms with Crippen LogP contribution in [0.4, 0.5) is 5.13 Å². The fraction of sp³-hybridized carbons (Fsp3) is 0.733. The second-order valence-electron chi connectivity index (χ2n) is 4.92. The first-order chi connectivity index (χ1) is 9.59. The van der Waals surface area contributed by atoms with Crippen LogP contribution in [0.3, 0.4) is 0 Å². The number of hydrogen-bond donors (Lipinski definition) is 1. The second kappa shape index (κ2) is 8.25. The van der Waals surface area contributed by atoms with Crippen LogP contribution < -0.4 is 5.32 Å². The van der Waals surface area contributed by atoms with Gasteiger partial charge in [0.25, 0.3) is 0 Å². The first-order valence-corrected chi connectivity index (χ1v) is 8.35. The normalized spacial score (nSPS) is 11.4. The van der Waals surface area contributed by atoms with Gasteiger partial charge in [0.15, 0.2) is 5.13 Å². The number of esters is 1. The number of thiazole rings is 1. The number of aryl methyl sites for hydroxylation is 1. The SMILES string of the molecule is CCOC(=O)CCc1csc(NC(CC)(CC)CC)n1. The highest BCUT2D eigenvalue weighted by Crippen LogP contribution is 2.27. The van der Waals surface area contributed by atoms with Gasteiger partial charge in [0, 0.05) is 17.3 Å². The van der Waals surface area contributed by atoms with Crippen LogP contribution in [0.2, 0.25) is 0 Å². The molecule has 1 N–H and O–H groups in total. The summed E-state index contributed by atoms with van der Waals surface area (Å²) < 4.78 is 4.92. The predicted octanol–water partition coefficient (Wildman–Crippen LogP) is 4.02. The summed E-state index contributed by atoms with van der Waals surface area (Å²) in [7, 11) is 0. The molecule has 0 amide bonds. The van der Waals surface area contributed by atoms with Crippen molar-refractivity contribution in [3.05, 3.63) is 11.1 Å². The van der Waals surface area contributed by atoms with Crippen molar-refractivity contribution in [2.45, 2.75) is 65.3 Å². The summed E-state index contributed by atoms with van der Waals surface area (Å²) in [5.74, 6) is -0.153. The molecule has 0 radical (unpaired) electrons. The Morgan fingerprint density at radius 2 is 1.95 bits per heavy atom. The third-order valence-corrected chi connectivity index (χ3v) is 4.65. The van der Waals surface area contributed by atoms with E-state index in [1.54, 1.807) is 11.3 Å². The Kier molecular flexibility index (Phi) is 6.99. The third-order valence-electron chi connectivity index (χ3n) is 3.84. The smallest absolute Gasteiger partial charge is 0.306 e. The van der Waals surface area contributed by atoms with Crippen LogP contribution in [-0.2, 0) is 16.0 Å². The van der Waals surface area contributed by atoms with Crippen LogP contribution in [0.1, 0.15) is 59.1 Å². The van der Waals surface area contributed by atoms with E-state index < -0.39 is 0 Å². The van der Waals surface area contributed by atoms with E-state index in [0.717, 1.165) is 30.1 Å². The van der Waals surface area contributed by atoms with Crippen LogP contribution in [0, 0.1) is 0 Å². The Morgan fingerprint density at radius 3 is 2.50 bits per heavy atom. The molecule has 1 rings (SSSR count). The zero-order chi connectivity index (χ0) is 15.0. The van der Waals surface area contributed by atoms with Gasteiger partial charge >= 0.3 is 5.97 Å². The molecule has 114 valence electrons. The molecule has 0 saturated heterocycles. The maximum absolute atomic E-state index is 11.3. The summed E-state index contributed by atoms with van der Waals surface area (Å²) in [5.41, 5.74) is 1.10. The number of rotatable bonds is 9. The van der Waals surface area contributed by atoms with E-state index >= 15 is 0 Å². The molecule has 0 saturated carbocycles. The number of nitrogens with zero attached hydrogens (tertiary/aromatic N) is 1. The first kappa shape index (κ1) is 17.0. The van der Waals surface area contributed by atoms with Crippen molar-refractivity contribution < 1.29 is 9.53 Å². The molecule has 5 heteroatoms. The lowest BCUT2D eigenvalue weighted by Crippen LogP contribution is -2.36. The van der Waals surface area contributed by atoms with Gasteiger partial charge in [-0.1, -0.05) is 20.8 Å². The molecular weight excluding hydrogens is 272 g/mol. The van der Waals surface area contributed by atoms with Crippen molar-refractivity contribution in [3.63, 3.8) is 0 Å². The van der Waals surface area contributed by atoms with Gasteiger partial charge in [0.2, 0.25) is 0 Å². The summed E-state index contributed by atoms with van der Waals surface area (Å²) in [6.07, 6.45) is 4.29. The van der Waals surface area contributed by atoms with Gasteiger partial charge in [-0.3, -0.25) is 4.79 Å². The minimum Gasteiger partial charge on any atom is -0.466 e. The quantitative estimate of drug-likeness (QED) is 0.700. The highest BCUT2D eigenvalue weighted by atomic mass is 32.1. The molecule has 20 heavy (non-hydrogen) atoms. The molecule has 1 aromatic rings. The van der Waals surface area contributed by atoms with Crippen molar-refractivity contribution in [2.75, 3.05) is 11.9 Å². The molecule has 0 aliphatic rings. The van der Waals surface area contributed by atoms with Gasteiger partial charge in [-0.25, -0.2) is 4.98 Å². The Balaban J connectivity index is 2.56. The number of ether oxygens (including phenoxy) is 1.